The fourth-order valence-electron chi connectivity index (χ4n) is 1.86. The minimum absolute atomic E-state index is 0.0181. The first-order chi connectivity index (χ1) is 9.31. The molecule has 0 bridgehead atoms. The number of unbranched alkanes of at least 4 members (excludes halogenated alkanes) is 1. The molecule has 1 unspecified atom stereocenters. The summed E-state index contributed by atoms with van der Waals surface area (Å²) in [4.78, 5) is -0.0181. The molecule has 1 rings (SSSR count). The minimum atomic E-state index is -3.70. The first-order valence-electron chi connectivity index (χ1n) is 6.52. The van der Waals surface area contributed by atoms with Gasteiger partial charge in [0.25, 0.3) is 0 Å². The predicted molar refractivity (Wildman–Crippen MR) is 83.7 cm³/mol. The van der Waals surface area contributed by atoms with Crippen LogP contribution in [0.15, 0.2) is 17.0 Å². The van der Waals surface area contributed by atoms with Crippen LogP contribution in [-0.4, -0.2) is 14.5 Å². The number of halogens is 2. The Labute approximate surface area is 130 Å². The zero-order chi connectivity index (χ0) is 15.3. The summed E-state index contributed by atoms with van der Waals surface area (Å²) in [6.07, 6.45) is 2.75. The molecule has 1 aromatic rings. The lowest BCUT2D eigenvalue weighted by molar-refractivity contribution is 0.534. The van der Waals surface area contributed by atoms with Crippen LogP contribution in [0.5, 0.6) is 0 Å². The van der Waals surface area contributed by atoms with E-state index in [1.807, 2.05) is 6.92 Å². The van der Waals surface area contributed by atoms with Crippen LogP contribution in [0, 0.1) is 0 Å². The van der Waals surface area contributed by atoms with Crippen molar-refractivity contribution in [3.05, 3.63) is 27.7 Å². The molecule has 1 atom stereocenters. The van der Waals surface area contributed by atoms with Crippen LogP contribution in [0.25, 0.3) is 0 Å². The van der Waals surface area contributed by atoms with Gasteiger partial charge in [0.05, 0.1) is 5.02 Å². The second-order valence-electron chi connectivity index (χ2n) is 4.75. The Morgan fingerprint density at radius 3 is 2.55 bits per heavy atom. The zero-order valence-electron chi connectivity index (χ0n) is 11.6. The predicted octanol–water partition coefficient (Wildman–Crippen LogP) is 3.31. The quantitative estimate of drug-likeness (QED) is 0.800. The molecule has 0 aromatic heterocycles. The molecule has 0 fully saturated rings. The molecular weight excluding hydrogens is 319 g/mol. The van der Waals surface area contributed by atoms with E-state index in [9.17, 15) is 8.42 Å². The van der Waals surface area contributed by atoms with Gasteiger partial charge in [0, 0.05) is 17.6 Å². The summed E-state index contributed by atoms with van der Waals surface area (Å²) in [5.41, 5.74) is 6.05. The highest BCUT2D eigenvalue weighted by Crippen LogP contribution is 2.29. The SMILES string of the molecule is CCCCC(C)NS(=O)(=O)c1cc(Cl)cc(CN)c1Cl. The van der Waals surface area contributed by atoms with Crippen molar-refractivity contribution < 1.29 is 8.42 Å². The van der Waals surface area contributed by atoms with Crippen LogP contribution < -0.4 is 10.5 Å². The summed E-state index contributed by atoms with van der Waals surface area (Å²) in [5.74, 6) is 0. The average Bonchev–Trinajstić information content (AvgIpc) is 2.37. The monoisotopic (exact) mass is 338 g/mol. The molecule has 0 amide bonds. The molecule has 0 aliphatic rings. The molecule has 0 aliphatic heterocycles. The van der Waals surface area contributed by atoms with Crippen LogP contribution >= 0.6 is 23.2 Å². The lowest BCUT2D eigenvalue weighted by Gasteiger charge is -2.16. The van der Waals surface area contributed by atoms with E-state index in [4.69, 9.17) is 28.9 Å². The van der Waals surface area contributed by atoms with Crippen molar-refractivity contribution in [1.29, 1.82) is 0 Å². The minimum Gasteiger partial charge on any atom is -0.326 e. The lowest BCUT2D eigenvalue weighted by Crippen LogP contribution is -2.32. The lowest BCUT2D eigenvalue weighted by atomic mass is 10.2. The first-order valence-corrected chi connectivity index (χ1v) is 8.76. The van der Waals surface area contributed by atoms with Gasteiger partial charge in [0.2, 0.25) is 10.0 Å². The van der Waals surface area contributed by atoms with E-state index in [0.717, 1.165) is 19.3 Å². The maximum atomic E-state index is 12.4. The molecule has 0 radical (unpaired) electrons. The molecule has 0 saturated carbocycles. The van der Waals surface area contributed by atoms with Crippen LogP contribution in [-0.2, 0) is 16.6 Å². The zero-order valence-corrected chi connectivity index (χ0v) is 13.9. The molecule has 0 aliphatic carbocycles. The fraction of sp³-hybridized carbons (Fsp3) is 0.538. The van der Waals surface area contributed by atoms with E-state index in [1.54, 1.807) is 6.07 Å². The number of rotatable bonds is 7. The smallest absolute Gasteiger partial charge is 0.242 e. The number of nitrogens with two attached hydrogens (primary N) is 1. The molecule has 1 aromatic carbocycles. The van der Waals surface area contributed by atoms with Crippen molar-refractivity contribution in [1.82, 2.24) is 4.72 Å². The van der Waals surface area contributed by atoms with Crippen LogP contribution in [0.3, 0.4) is 0 Å². The maximum Gasteiger partial charge on any atom is 0.242 e. The second kappa shape index (κ2) is 7.61. The molecule has 3 N–H and O–H groups in total. The van der Waals surface area contributed by atoms with Gasteiger partial charge in [0.15, 0.2) is 0 Å². The number of benzene rings is 1. The third-order valence-corrected chi connectivity index (χ3v) is 5.33. The molecular formula is C13H20Cl2N2O2S. The van der Waals surface area contributed by atoms with Gasteiger partial charge in [-0.3, -0.25) is 0 Å². The van der Waals surface area contributed by atoms with Crippen molar-refractivity contribution in [2.45, 2.75) is 50.6 Å². The topological polar surface area (TPSA) is 72.2 Å². The van der Waals surface area contributed by atoms with Crippen LogP contribution in [0.1, 0.15) is 38.7 Å². The van der Waals surface area contributed by atoms with Crippen molar-refractivity contribution >= 4 is 33.2 Å². The molecule has 0 saturated heterocycles. The van der Waals surface area contributed by atoms with Crippen LogP contribution in [0.2, 0.25) is 10.0 Å². The van der Waals surface area contributed by atoms with Gasteiger partial charge in [-0.05, 0) is 31.0 Å². The number of sulfonamides is 1. The highest BCUT2D eigenvalue weighted by molar-refractivity contribution is 7.89. The van der Waals surface area contributed by atoms with E-state index in [1.165, 1.54) is 6.07 Å². The van der Waals surface area contributed by atoms with Crippen molar-refractivity contribution in [2.24, 2.45) is 5.73 Å². The highest BCUT2D eigenvalue weighted by Gasteiger charge is 2.22. The standard InChI is InChI=1S/C13H20Cl2N2O2S/c1-3-4-5-9(2)17-20(18,19)12-7-11(14)6-10(8-16)13(12)15/h6-7,9,17H,3-5,8,16H2,1-2H3. The Bertz CT molecular complexity index is 562. The van der Waals surface area contributed by atoms with Crippen LogP contribution in [0.4, 0.5) is 0 Å². The number of hydrogen-bond donors (Lipinski definition) is 2. The summed E-state index contributed by atoms with van der Waals surface area (Å²) in [6.45, 7) is 4.02. The Balaban J connectivity index is 3.06. The molecule has 114 valence electrons. The summed E-state index contributed by atoms with van der Waals surface area (Å²) in [7, 11) is -3.70. The number of nitrogens with one attached hydrogen (secondary N) is 1. The first kappa shape index (κ1) is 17.7. The van der Waals surface area contributed by atoms with Gasteiger partial charge in [-0.1, -0.05) is 43.0 Å². The molecule has 7 heteroatoms. The molecule has 0 spiro atoms. The largest absolute Gasteiger partial charge is 0.326 e. The fourth-order valence-corrected chi connectivity index (χ4v) is 4.08. The van der Waals surface area contributed by atoms with E-state index >= 15 is 0 Å². The van der Waals surface area contributed by atoms with E-state index < -0.39 is 10.0 Å². The highest BCUT2D eigenvalue weighted by atomic mass is 35.5. The molecule has 0 heterocycles. The van der Waals surface area contributed by atoms with Gasteiger partial charge in [0.1, 0.15) is 4.90 Å². The third-order valence-electron chi connectivity index (χ3n) is 2.94. The van der Waals surface area contributed by atoms with Gasteiger partial charge in [-0.2, -0.15) is 0 Å². The Hall–Kier alpha value is -0.330. The van der Waals surface area contributed by atoms with E-state index in [-0.39, 0.29) is 22.5 Å². The van der Waals surface area contributed by atoms with Crippen molar-refractivity contribution in [3.63, 3.8) is 0 Å². The molecule has 4 nitrogen and oxygen atoms in total. The summed E-state index contributed by atoms with van der Waals surface area (Å²) >= 11 is 12.0. The third kappa shape index (κ3) is 4.60. The van der Waals surface area contributed by atoms with Gasteiger partial charge in [-0.25, -0.2) is 13.1 Å². The summed E-state index contributed by atoms with van der Waals surface area (Å²) < 4.78 is 27.3. The normalized spacial score (nSPS) is 13.4. The van der Waals surface area contributed by atoms with Gasteiger partial charge in [-0.15, -0.1) is 0 Å². The summed E-state index contributed by atoms with van der Waals surface area (Å²) in [5, 5.41) is 0.434. The Kier molecular flexibility index (Phi) is 6.75. The maximum absolute atomic E-state index is 12.4. The van der Waals surface area contributed by atoms with Crippen molar-refractivity contribution in [3.8, 4) is 0 Å². The Morgan fingerprint density at radius 1 is 1.35 bits per heavy atom. The number of hydrogen-bond acceptors (Lipinski definition) is 3. The summed E-state index contributed by atoms with van der Waals surface area (Å²) in [6, 6.07) is 2.76. The van der Waals surface area contributed by atoms with E-state index in [2.05, 4.69) is 11.6 Å². The average molecular weight is 339 g/mol. The Morgan fingerprint density at radius 2 is 2.00 bits per heavy atom. The van der Waals surface area contributed by atoms with Gasteiger partial charge >= 0.3 is 0 Å². The van der Waals surface area contributed by atoms with E-state index in [0.29, 0.717) is 10.6 Å². The second-order valence-corrected chi connectivity index (χ2v) is 7.24. The van der Waals surface area contributed by atoms with Gasteiger partial charge < -0.3 is 5.73 Å². The van der Waals surface area contributed by atoms with Crippen molar-refractivity contribution in [2.75, 3.05) is 0 Å². The molecule has 20 heavy (non-hydrogen) atoms.